The fraction of sp³-hybridized carbons (Fsp3) is 0.250. The summed E-state index contributed by atoms with van der Waals surface area (Å²) < 4.78 is 0. The second-order valence-electron chi connectivity index (χ2n) is 6.12. The number of hydrogen-bond acceptors (Lipinski definition) is 1. The van der Waals surface area contributed by atoms with E-state index in [1.807, 2.05) is 31.3 Å². The van der Waals surface area contributed by atoms with Crippen molar-refractivity contribution >= 4 is 11.6 Å². The molecule has 1 atom stereocenters. The number of allylic oxidation sites excluding steroid dienone is 1. The molecule has 0 spiro atoms. The highest BCUT2D eigenvalue weighted by Gasteiger charge is 2.48. The van der Waals surface area contributed by atoms with Crippen molar-refractivity contribution in [2.45, 2.75) is 25.2 Å². The van der Waals surface area contributed by atoms with Crippen molar-refractivity contribution in [1.29, 1.82) is 0 Å². The highest BCUT2D eigenvalue weighted by atomic mass is 16.2. The van der Waals surface area contributed by atoms with Gasteiger partial charge in [0.05, 0.1) is 5.41 Å². The van der Waals surface area contributed by atoms with Crippen LogP contribution in [0, 0.1) is 6.92 Å². The first kappa shape index (κ1) is 14.6. The maximum absolute atomic E-state index is 13.1. The van der Waals surface area contributed by atoms with Gasteiger partial charge in [0.25, 0.3) is 0 Å². The summed E-state index contributed by atoms with van der Waals surface area (Å²) in [7, 11) is 1.87. The number of carbonyl (C=O) groups excluding carboxylic acids is 1. The molecule has 1 unspecified atom stereocenters. The number of carbonyl (C=O) groups is 1. The van der Waals surface area contributed by atoms with Crippen molar-refractivity contribution in [1.82, 2.24) is 0 Å². The van der Waals surface area contributed by atoms with Crippen molar-refractivity contribution in [2.24, 2.45) is 0 Å². The van der Waals surface area contributed by atoms with Gasteiger partial charge in [-0.3, -0.25) is 4.79 Å². The van der Waals surface area contributed by atoms with Crippen LogP contribution in [0.25, 0.3) is 0 Å². The molecule has 22 heavy (non-hydrogen) atoms. The van der Waals surface area contributed by atoms with Gasteiger partial charge in [0, 0.05) is 12.7 Å². The van der Waals surface area contributed by atoms with Crippen LogP contribution in [0.1, 0.15) is 23.1 Å². The summed E-state index contributed by atoms with van der Waals surface area (Å²) in [6.45, 7) is 5.97. The average Bonchev–Trinajstić information content (AvgIpc) is 2.71. The van der Waals surface area contributed by atoms with Crippen LogP contribution in [0.2, 0.25) is 0 Å². The zero-order chi connectivity index (χ0) is 15.7. The molecule has 0 fully saturated rings. The number of amides is 1. The summed E-state index contributed by atoms with van der Waals surface area (Å²) in [6, 6.07) is 16.5. The smallest absolute Gasteiger partial charge is 0.238 e. The normalized spacial score (nSPS) is 20.1. The van der Waals surface area contributed by atoms with E-state index in [9.17, 15) is 4.79 Å². The van der Waals surface area contributed by atoms with Gasteiger partial charge in [-0.2, -0.15) is 0 Å². The van der Waals surface area contributed by atoms with Gasteiger partial charge < -0.3 is 4.90 Å². The van der Waals surface area contributed by atoms with Crippen molar-refractivity contribution in [3.63, 3.8) is 0 Å². The molecule has 1 aliphatic heterocycles. The molecule has 0 radical (unpaired) electrons. The Bertz CT molecular complexity index is 720. The number of hydrogen-bond donors (Lipinski definition) is 0. The second-order valence-corrected chi connectivity index (χ2v) is 6.12. The lowest BCUT2D eigenvalue weighted by Crippen LogP contribution is -2.40. The van der Waals surface area contributed by atoms with E-state index in [0.717, 1.165) is 11.3 Å². The maximum Gasteiger partial charge on any atom is 0.238 e. The molecule has 1 aliphatic rings. The van der Waals surface area contributed by atoms with Crippen LogP contribution in [0.15, 0.2) is 61.2 Å². The van der Waals surface area contributed by atoms with Gasteiger partial charge in [-0.15, -0.1) is 6.58 Å². The van der Waals surface area contributed by atoms with Gasteiger partial charge in [0.1, 0.15) is 0 Å². The Morgan fingerprint density at radius 1 is 1.18 bits per heavy atom. The monoisotopic (exact) mass is 291 g/mol. The highest BCUT2D eigenvalue weighted by Crippen LogP contribution is 2.46. The molecule has 1 amide bonds. The van der Waals surface area contributed by atoms with Gasteiger partial charge in [-0.05, 0) is 37.0 Å². The Morgan fingerprint density at radius 2 is 1.91 bits per heavy atom. The molecule has 1 heterocycles. The lowest BCUT2D eigenvalue weighted by atomic mass is 9.73. The summed E-state index contributed by atoms with van der Waals surface area (Å²) in [5, 5.41) is 0. The van der Waals surface area contributed by atoms with Gasteiger partial charge in [-0.25, -0.2) is 0 Å². The predicted molar refractivity (Wildman–Crippen MR) is 91.2 cm³/mol. The molecule has 0 saturated carbocycles. The maximum atomic E-state index is 13.1. The van der Waals surface area contributed by atoms with Crippen LogP contribution in [-0.4, -0.2) is 13.0 Å². The molecular weight excluding hydrogens is 270 g/mol. The first-order chi connectivity index (χ1) is 10.6. The number of likely N-dealkylation sites (N-methyl/N-ethyl adjacent to an activating group) is 1. The third-order valence-corrected chi connectivity index (χ3v) is 4.58. The van der Waals surface area contributed by atoms with Crippen LogP contribution in [-0.2, 0) is 16.6 Å². The fourth-order valence-corrected chi connectivity index (χ4v) is 3.50. The van der Waals surface area contributed by atoms with Gasteiger partial charge in [0.2, 0.25) is 5.91 Å². The van der Waals surface area contributed by atoms with Crippen LogP contribution >= 0.6 is 0 Å². The second kappa shape index (κ2) is 5.45. The van der Waals surface area contributed by atoms with Gasteiger partial charge in [-0.1, -0.05) is 54.1 Å². The van der Waals surface area contributed by atoms with Crippen molar-refractivity contribution in [3.8, 4) is 0 Å². The number of nitrogens with zero attached hydrogens (tertiary/aromatic N) is 1. The van der Waals surface area contributed by atoms with E-state index >= 15 is 0 Å². The zero-order valence-corrected chi connectivity index (χ0v) is 13.2. The average molecular weight is 291 g/mol. The quantitative estimate of drug-likeness (QED) is 0.779. The van der Waals surface area contributed by atoms with Gasteiger partial charge >= 0.3 is 0 Å². The fourth-order valence-electron chi connectivity index (χ4n) is 3.50. The molecule has 2 aromatic carbocycles. The first-order valence-corrected chi connectivity index (χ1v) is 7.62. The molecular formula is C20H21NO. The minimum atomic E-state index is -0.529. The van der Waals surface area contributed by atoms with E-state index in [1.54, 1.807) is 4.90 Å². The Balaban J connectivity index is 2.16. The summed E-state index contributed by atoms with van der Waals surface area (Å²) in [5.74, 6) is 0.164. The lowest BCUT2D eigenvalue weighted by molar-refractivity contribution is -0.122. The van der Waals surface area contributed by atoms with Crippen molar-refractivity contribution < 1.29 is 4.79 Å². The van der Waals surface area contributed by atoms with Crippen LogP contribution in [0.5, 0.6) is 0 Å². The lowest BCUT2D eigenvalue weighted by Gasteiger charge is -2.27. The first-order valence-electron chi connectivity index (χ1n) is 7.62. The standard InChI is InChI=1S/C20H21NO/c1-4-12-20(14-16-8-6-5-7-9-16)17-13-15(2)10-11-18(17)21(3)19(20)22/h4-11,13H,1,12,14H2,2-3H3. The Hall–Kier alpha value is -2.35. The molecule has 0 saturated heterocycles. The van der Waals surface area contributed by atoms with Crippen molar-refractivity contribution in [2.75, 3.05) is 11.9 Å². The minimum absolute atomic E-state index is 0.164. The molecule has 0 aliphatic carbocycles. The Labute approximate surface area is 132 Å². The van der Waals surface area contributed by atoms with Crippen LogP contribution in [0.3, 0.4) is 0 Å². The molecule has 0 aromatic heterocycles. The topological polar surface area (TPSA) is 20.3 Å². The van der Waals surface area contributed by atoms with E-state index in [1.165, 1.54) is 11.1 Å². The predicted octanol–water partition coefficient (Wildman–Crippen LogP) is 4.03. The molecule has 0 N–H and O–H groups in total. The largest absolute Gasteiger partial charge is 0.314 e. The molecule has 3 rings (SSSR count). The van der Waals surface area contributed by atoms with E-state index < -0.39 is 5.41 Å². The number of benzene rings is 2. The molecule has 2 aromatic rings. The van der Waals surface area contributed by atoms with E-state index in [4.69, 9.17) is 0 Å². The van der Waals surface area contributed by atoms with E-state index in [2.05, 4.69) is 43.8 Å². The van der Waals surface area contributed by atoms with Crippen LogP contribution < -0.4 is 4.90 Å². The third kappa shape index (κ3) is 2.16. The van der Waals surface area contributed by atoms with Crippen molar-refractivity contribution in [3.05, 3.63) is 77.9 Å². The van der Waals surface area contributed by atoms with Gasteiger partial charge in [0.15, 0.2) is 0 Å². The number of rotatable bonds is 4. The molecule has 112 valence electrons. The highest BCUT2D eigenvalue weighted by molar-refractivity contribution is 6.08. The Morgan fingerprint density at radius 3 is 2.59 bits per heavy atom. The molecule has 2 nitrogen and oxygen atoms in total. The minimum Gasteiger partial charge on any atom is -0.314 e. The number of anilines is 1. The summed E-state index contributed by atoms with van der Waals surface area (Å²) in [5.41, 5.74) is 3.99. The van der Waals surface area contributed by atoms with E-state index in [-0.39, 0.29) is 5.91 Å². The Kier molecular flexibility index (Phi) is 3.61. The third-order valence-electron chi connectivity index (χ3n) is 4.58. The summed E-state index contributed by atoms with van der Waals surface area (Å²) >= 11 is 0. The number of aryl methyl sites for hydroxylation is 1. The summed E-state index contributed by atoms with van der Waals surface area (Å²) in [4.78, 5) is 14.9. The SMILES string of the molecule is C=CCC1(Cc2ccccc2)C(=O)N(C)c2ccc(C)cc21. The molecule has 0 bridgehead atoms. The number of fused-ring (bicyclic) bond motifs is 1. The van der Waals surface area contributed by atoms with E-state index in [0.29, 0.717) is 12.8 Å². The van der Waals surface area contributed by atoms with Crippen LogP contribution in [0.4, 0.5) is 5.69 Å². The summed E-state index contributed by atoms with van der Waals surface area (Å²) in [6.07, 6.45) is 3.23. The molecule has 2 heteroatoms. The zero-order valence-electron chi connectivity index (χ0n) is 13.2.